The molecule has 2 rings (SSSR count). The molecule has 1 saturated heterocycles. The molecular formula is C13H15N3O4. The van der Waals surface area contributed by atoms with Gasteiger partial charge in [0.2, 0.25) is 5.91 Å². The molecule has 0 saturated carbocycles. The predicted octanol–water partition coefficient (Wildman–Crippen LogP) is 0.864. The molecule has 1 N–H and O–H groups in total. The summed E-state index contributed by atoms with van der Waals surface area (Å²) in [6.45, 7) is 2.24. The fraction of sp³-hybridized carbons (Fsp3) is 0.385. The van der Waals surface area contributed by atoms with Crippen LogP contribution < -0.4 is 5.32 Å². The molecule has 1 aliphatic heterocycles. The third-order valence-electron chi connectivity index (χ3n) is 3.40. The maximum absolute atomic E-state index is 12.1. The molecular weight excluding hydrogens is 262 g/mol. The minimum absolute atomic E-state index is 0.0595. The number of carbonyl (C=O) groups is 2. The van der Waals surface area contributed by atoms with E-state index in [-0.39, 0.29) is 17.5 Å². The normalized spacial score (nSPS) is 18.2. The standard InChI is InChI=1S/C13H15N3O4/c1-8-7-9(16(19)20)3-4-10(8)12(17)14-11-5-6-15(2)13(11)18/h3-4,7,11H,5-6H2,1-2H3,(H,14,17)/t11-/m1/s1. The van der Waals surface area contributed by atoms with E-state index in [0.29, 0.717) is 24.1 Å². The number of nitro groups is 1. The molecule has 0 aliphatic carbocycles. The maximum Gasteiger partial charge on any atom is 0.269 e. The van der Waals surface area contributed by atoms with Gasteiger partial charge < -0.3 is 10.2 Å². The number of rotatable bonds is 3. The van der Waals surface area contributed by atoms with Gasteiger partial charge in [0.15, 0.2) is 0 Å². The van der Waals surface area contributed by atoms with Gasteiger partial charge in [0.05, 0.1) is 4.92 Å². The predicted molar refractivity (Wildman–Crippen MR) is 71.3 cm³/mol. The molecule has 106 valence electrons. The van der Waals surface area contributed by atoms with E-state index in [1.807, 2.05) is 0 Å². The minimum atomic E-state index is -0.512. The molecule has 1 aliphatic rings. The number of amides is 2. The van der Waals surface area contributed by atoms with E-state index in [2.05, 4.69) is 5.32 Å². The number of aryl methyl sites for hydroxylation is 1. The summed E-state index contributed by atoms with van der Waals surface area (Å²) in [7, 11) is 1.69. The second-order valence-corrected chi connectivity index (χ2v) is 4.83. The Labute approximate surface area is 115 Å². The first kappa shape index (κ1) is 14.0. The van der Waals surface area contributed by atoms with Crippen molar-refractivity contribution in [1.29, 1.82) is 0 Å². The van der Waals surface area contributed by atoms with Crippen LogP contribution in [0.4, 0.5) is 5.69 Å². The zero-order chi connectivity index (χ0) is 14.9. The lowest BCUT2D eigenvalue weighted by Gasteiger charge is -2.13. The Morgan fingerprint density at radius 3 is 2.70 bits per heavy atom. The highest BCUT2D eigenvalue weighted by Crippen LogP contribution is 2.18. The van der Waals surface area contributed by atoms with E-state index in [1.165, 1.54) is 18.2 Å². The van der Waals surface area contributed by atoms with E-state index in [4.69, 9.17) is 0 Å². The van der Waals surface area contributed by atoms with Gasteiger partial charge in [-0.2, -0.15) is 0 Å². The Morgan fingerprint density at radius 2 is 2.20 bits per heavy atom. The van der Waals surface area contributed by atoms with Crippen LogP contribution in [0.15, 0.2) is 18.2 Å². The van der Waals surface area contributed by atoms with Crippen molar-refractivity contribution < 1.29 is 14.5 Å². The summed E-state index contributed by atoms with van der Waals surface area (Å²) in [5.74, 6) is -0.496. The van der Waals surface area contributed by atoms with Crippen LogP contribution in [-0.4, -0.2) is 41.3 Å². The van der Waals surface area contributed by atoms with Gasteiger partial charge in [-0.15, -0.1) is 0 Å². The second kappa shape index (κ2) is 5.28. The third-order valence-corrected chi connectivity index (χ3v) is 3.40. The molecule has 1 fully saturated rings. The fourth-order valence-corrected chi connectivity index (χ4v) is 2.21. The molecule has 1 aromatic carbocycles. The molecule has 1 aromatic rings. The van der Waals surface area contributed by atoms with Crippen molar-refractivity contribution in [3.05, 3.63) is 39.4 Å². The van der Waals surface area contributed by atoms with Gasteiger partial charge in [-0.05, 0) is 25.0 Å². The number of hydrogen-bond acceptors (Lipinski definition) is 4. The lowest BCUT2D eigenvalue weighted by Crippen LogP contribution is -2.40. The lowest BCUT2D eigenvalue weighted by molar-refractivity contribution is -0.384. The van der Waals surface area contributed by atoms with E-state index in [1.54, 1.807) is 18.9 Å². The van der Waals surface area contributed by atoms with Crippen LogP contribution in [0.3, 0.4) is 0 Å². The van der Waals surface area contributed by atoms with Crippen LogP contribution in [0, 0.1) is 17.0 Å². The van der Waals surface area contributed by atoms with E-state index in [9.17, 15) is 19.7 Å². The monoisotopic (exact) mass is 277 g/mol. The number of hydrogen-bond donors (Lipinski definition) is 1. The Morgan fingerprint density at radius 1 is 1.50 bits per heavy atom. The van der Waals surface area contributed by atoms with Crippen LogP contribution in [0.25, 0.3) is 0 Å². The molecule has 0 bridgehead atoms. The summed E-state index contributed by atoms with van der Waals surface area (Å²) in [4.78, 5) is 35.5. The summed E-state index contributed by atoms with van der Waals surface area (Å²) in [5, 5.41) is 13.3. The average molecular weight is 277 g/mol. The topological polar surface area (TPSA) is 92.5 Å². The van der Waals surface area contributed by atoms with Gasteiger partial charge in [-0.25, -0.2) is 0 Å². The molecule has 20 heavy (non-hydrogen) atoms. The number of likely N-dealkylation sites (N-methyl/N-ethyl adjacent to an activating group) is 1. The van der Waals surface area contributed by atoms with E-state index in [0.717, 1.165) is 0 Å². The smallest absolute Gasteiger partial charge is 0.269 e. The van der Waals surface area contributed by atoms with Gasteiger partial charge >= 0.3 is 0 Å². The zero-order valence-corrected chi connectivity index (χ0v) is 11.3. The summed E-state index contributed by atoms with van der Waals surface area (Å²) in [6.07, 6.45) is 0.576. The first-order chi connectivity index (χ1) is 9.40. The van der Waals surface area contributed by atoms with Gasteiger partial charge in [0.25, 0.3) is 11.6 Å². The van der Waals surface area contributed by atoms with Crippen LogP contribution in [0.2, 0.25) is 0 Å². The molecule has 1 atom stereocenters. The molecule has 0 spiro atoms. The molecule has 7 heteroatoms. The first-order valence-corrected chi connectivity index (χ1v) is 6.21. The summed E-state index contributed by atoms with van der Waals surface area (Å²) >= 11 is 0. The van der Waals surface area contributed by atoms with Crippen molar-refractivity contribution in [3.8, 4) is 0 Å². The van der Waals surface area contributed by atoms with Crippen LogP contribution in [0.1, 0.15) is 22.3 Å². The van der Waals surface area contributed by atoms with Crippen molar-refractivity contribution in [2.24, 2.45) is 0 Å². The van der Waals surface area contributed by atoms with Crippen molar-refractivity contribution in [3.63, 3.8) is 0 Å². The molecule has 0 unspecified atom stereocenters. The zero-order valence-electron chi connectivity index (χ0n) is 11.3. The highest BCUT2D eigenvalue weighted by atomic mass is 16.6. The molecule has 0 radical (unpaired) electrons. The Balaban J connectivity index is 2.14. The largest absolute Gasteiger partial charge is 0.344 e. The number of nitro benzene ring substituents is 1. The van der Waals surface area contributed by atoms with Crippen LogP contribution in [-0.2, 0) is 4.79 Å². The highest BCUT2D eigenvalue weighted by Gasteiger charge is 2.30. The SMILES string of the molecule is Cc1cc([N+](=O)[O-])ccc1C(=O)N[C@@H]1CCN(C)C1=O. The average Bonchev–Trinajstić information content (AvgIpc) is 2.70. The quantitative estimate of drug-likeness (QED) is 0.655. The number of carbonyl (C=O) groups excluding carboxylic acids is 2. The number of non-ortho nitro benzene ring substituents is 1. The Kier molecular flexibility index (Phi) is 3.69. The lowest BCUT2D eigenvalue weighted by atomic mass is 10.1. The third kappa shape index (κ3) is 2.61. The Hall–Kier alpha value is -2.44. The summed E-state index contributed by atoms with van der Waals surface area (Å²) in [6, 6.07) is 3.52. The first-order valence-electron chi connectivity index (χ1n) is 6.21. The number of benzene rings is 1. The van der Waals surface area contributed by atoms with E-state index >= 15 is 0 Å². The van der Waals surface area contributed by atoms with Crippen molar-refractivity contribution in [2.45, 2.75) is 19.4 Å². The molecule has 2 amide bonds. The number of likely N-dealkylation sites (tertiary alicyclic amines) is 1. The van der Waals surface area contributed by atoms with Gasteiger partial charge in [-0.1, -0.05) is 0 Å². The van der Waals surface area contributed by atoms with Crippen molar-refractivity contribution in [1.82, 2.24) is 10.2 Å². The van der Waals surface area contributed by atoms with Crippen molar-refractivity contribution >= 4 is 17.5 Å². The molecule has 1 heterocycles. The van der Waals surface area contributed by atoms with Crippen molar-refractivity contribution in [2.75, 3.05) is 13.6 Å². The summed E-state index contributed by atoms with van der Waals surface area (Å²) < 4.78 is 0. The minimum Gasteiger partial charge on any atom is -0.344 e. The maximum atomic E-state index is 12.1. The van der Waals surface area contributed by atoms with Gasteiger partial charge in [0, 0.05) is 31.3 Å². The van der Waals surface area contributed by atoms with Gasteiger partial charge in [-0.3, -0.25) is 19.7 Å². The van der Waals surface area contributed by atoms with Gasteiger partial charge in [0.1, 0.15) is 6.04 Å². The second-order valence-electron chi connectivity index (χ2n) is 4.83. The molecule has 7 nitrogen and oxygen atoms in total. The summed E-state index contributed by atoms with van der Waals surface area (Å²) in [5.41, 5.74) is 0.796. The number of nitrogens with zero attached hydrogens (tertiary/aromatic N) is 2. The van der Waals surface area contributed by atoms with E-state index < -0.39 is 11.0 Å². The van der Waals surface area contributed by atoms with Crippen LogP contribution >= 0.6 is 0 Å². The van der Waals surface area contributed by atoms with Crippen LogP contribution in [0.5, 0.6) is 0 Å². The Bertz CT molecular complexity index is 585. The number of nitrogens with one attached hydrogen (secondary N) is 1. The molecule has 0 aromatic heterocycles. The highest BCUT2D eigenvalue weighted by molar-refractivity contribution is 5.99. The fourth-order valence-electron chi connectivity index (χ4n) is 2.21.